The molecule has 1 N–H and O–H groups in total. The van der Waals surface area contributed by atoms with Crippen molar-refractivity contribution >= 4 is 40.4 Å². The van der Waals surface area contributed by atoms with E-state index in [0.717, 1.165) is 44.2 Å². The molecule has 0 bridgehead atoms. The fraction of sp³-hybridized carbons (Fsp3) is 0.435. The van der Waals surface area contributed by atoms with Crippen molar-refractivity contribution < 1.29 is 18.9 Å². The number of hydrogen-bond donors (Lipinski definition) is 1. The van der Waals surface area contributed by atoms with Gasteiger partial charge in [0, 0.05) is 61.3 Å². The Morgan fingerprint density at radius 2 is 1.69 bits per heavy atom. The second kappa shape index (κ2) is 12.0. The lowest BCUT2D eigenvalue weighted by Crippen LogP contribution is -2.46. The van der Waals surface area contributed by atoms with E-state index in [1.807, 2.05) is 18.2 Å². The zero-order valence-corrected chi connectivity index (χ0v) is 20.3. The molecule has 174 valence electrons. The number of benzene rings is 2. The van der Waals surface area contributed by atoms with Crippen LogP contribution < -0.4 is 24.4 Å². The summed E-state index contributed by atoms with van der Waals surface area (Å²) in [6.45, 7) is 5.52. The van der Waals surface area contributed by atoms with Crippen molar-refractivity contribution in [3.8, 4) is 17.2 Å². The fourth-order valence-corrected chi connectivity index (χ4v) is 4.05. The van der Waals surface area contributed by atoms with E-state index in [1.54, 1.807) is 33.5 Å². The molecular formula is C23H30ClN3O4S. The van der Waals surface area contributed by atoms with E-state index in [2.05, 4.69) is 21.2 Å². The van der Waals surface area contributed by atoms with E-state index >= 15 is 0 Å². The van der Waals surface area contributed by atoms with Gasteiger partial charge in [0.15, 0.2) is 11.5 Å². The summed E-state index contributed by atoms with van der Waals surface area (Å²) in [6.07, 6.45) is 0.897. The van der Waals surface area contributed by atoms with E-state index in [9.17, 15) is 0 Å². The Morgan fingerprint density at radius 3 is 2.28 bits per heavy atom. The highest BCUT2D eigenvalue weighted by Gasteiger charge is 2.17. The minimum atomic E-state index is 0.310. The first-order chi connectivity index (χ1) is 15.5. The van der Waals surface area contributed by atoms with Gasteiger partial charge in [-0.15, -0.1) is 0 Å². The Morgan fingerprint density at radius 1 is 1.00 bits per heavy atom. The van der Waals surface area contributed by atoms with Gasteiger partial charge in [-0.05, 0) is 36.8 Å². The number of rotatable bonds is 9. The van der Waals surface area contributed by atoms with Crippen molar-refractivity contribution in [2.45, 2.75) is 6.42 Å². The summed E-state index contributed by atoms with van der Waals surface area (Å²) in [5.74, 6) is 1.63. The number of anilines is 2. The Bertz CT molecular complexity index is 882. The summed E-state index contributed by atoms with van der Waals surface area (Å²) in [7, 11) is 4.72. The van der Waals surface area contributed by atoms with Gasteiger partial charge in [-0.1, -0.05) is 17.7 Å². The Balaban J connectivity index is 1.39. The van der Waals surface area contributed by atoms with Crippen molar-refractivity contribution in [1.29, 1.82) is 0 Å². The third-order valence-corrected chi connectivity index (χ3v) is 5.76. The van der Waals surface area contributed by atoms with Crippen molar-refractivity contribution in [1.82, 2.24) is 4.90 Å². The highest BCUT2D eigenvalue weighted by atomic mass is 35.5. The number of nitrogens with zero attached hydrogens (tertiary/aromatic N) is 2. The maximum absolute atomic E-state index is 6.11. The van der Waals surface area contributed by atoms with Gasteiger partial charge in [0.25, 0.3) is 5.17 Å². The maximum Gasteiger partial charge on any atom is 0.261 e. The van der Waals surface area contributed by atoms with E-state index in [1.165, 1.54) is 5.69 Å². The molecule has 32 heavy (non-hydrogen) atoms. The summed E-state index contributed by atoms with van der Waals surface area (Å²) in [4.78, 5) is 4.81. The molecule has 0 spiro atoms. The third kappa shape index (κ3) is 6.54. The molecule has 1 fully saturated rings. The molecule has 0 unspecified atom stereocenters. The summed E-state index contributed by atoms with van der Waals surface area (Å²) < 4.78 is 21.8. The number of thiocarbonyl (C=S) groups is 1. The number of piperazine rings is 1. The SMILES string of the molecule is COc1cc(NC(=S)OCCCN2CCN(c3cccc(Cl)c3)CC2)cc(OC)c1OC. The van der Waals surface area contributed by atoms with E-state index in [-0.39, 0.29) is 0 Å². The van der Waals surface area contributed by atoms with E-state index in [0.29, 0.717) is 34.7 Å². The van der Waals surface area contributed by atoms with Gasteiger partial charge in [0.05, 0.1) is 27.9 Å². The smallest absolute Gasteiger partial charge is 0.261 e. The normalized spacial score (nSPS) is 14.1. The largest absolute Gasteiger partial charge is 0.493 e. The number of methoxy groups -OCH3 is 3. The van der Waals surface area contributed by atoms with Crippen molar-refractivity contribution in [2.75, 3.05) is 70.9 Å². The average molecular weight is 480 g/mol. The zero-order valence-electron chi connectivity index (χ0n) is 18.7. The quantitative estimate of drug-likeness (QED) is 0.422. The van der Waals surface area contributed by atoms with Gasteiger partial charge >= 0.3 is 0 Å². The second-order valence-electron chi connectivity index (χ2n) is 7.34. The van der Waals surface area contributed by atoms with Crippen LogP contribution in [0.4, 0.5) is 11.4 Å². The third-order valence-electron chi connectivity index (χ3n) is 5.31. The van der Waals surface area contributed by atoms with Crippen LogP contribution in [0.5, 0.6) is 17.2 Å². The van der Waals surface area contributed by atoms with Crippen LogP contribution in [0.1, 0.15) is 6.42 Å². The van der Waals surface area contributed by atoms with Gasteiger partial charge in [0.2, 0.25) is 5.75 Å². The number of halogens is 1. The number of ether oxygens (including phenoxy) is 4. The predicted molar refractivity (Wildman–Crippen MR) is 133 cm³/mol. The summed E-state index contributed by atoms with van der Waals surface area (Å²) in [5, 5.41) is 4.16. The van der Waals surface area contributed by atoms with Crippen LogP contribution in [0, 0.1) is 0 Å². The van der Waals surface area contributed by atoms with Gasteiger partial charge in [-0.3, -0.25) is 4.90 Å². The summed E-state index contributed by atoms with van der Waals surface area (Å²) in [6, 6.07) is 11.6. The standard InChI is InChI=1S/C23H30ClN3O4S/c1-28-20-15-18(16-21(29-2)22(20)30-3)25-23(32)31-13-5-8-26-9-11-27(12-10-26)19-7-4-6-17(24)14-19/h4,6-7,14-16H,5,8-13H2,1-3H3,(H,25,32). The molecule has 2 aromatic carbocycles. The molecule has 0 amide bonds. The fourth-order valence-electron chi connectivity index (χ4n) is 3.66. The van der Waals surface area contributed by atoms with Crippen LogP contribution in [0.2, 0.25) is 5.02 Å². The van der Waals surface area contributed by atoms with Crippen LogP contribution in [0.15, 0.2) is 36.4 Å². The molecule has 0 atom stereocenters. The lowest BCUT2D eigenvalue weighted by Gasteiger charge is -2.36. The molecule has 2 aromatic rings. The number of hydrogen-bond acceptors (Lipinski definition) is 7. The lowest BCUT2D eigenvalue weighted by atomic mass is 10.2. The van der Waals surface area contributed by atoms with Crippen molar-refractivity contribution in [2.24, 2.45) is 0 Å². The Labute approximate surface area is 200 Å². The van der Waals surface area contributed by atoms with Gasteiger partial charge < -0.3 is 29.2 Å². The van der Waals surface area contributed by atoms with Crippen LogP contribution in [0.3, 0.4) is 0 Å². The highest BCUT2D eigenvalue weighted by molar-refractivity contribution is 7.80. The molecule has 3 rings (SSSR count). The first-order valence-electron chi connectivity index (χ1n) is 10.5. The molecule has 0 aromatic heterocycles. The van der Waals surface area contributed by atoms with E-state index < -0.39 is 0 Å². The second-order valence-corrected chi connectivity index (χ2v) is 8.14. The molecule has 9 heteroatoms. The van der Waals surface area contributed by atoms with Crippen molar-refractivity contribution in [3.63, 3.8) is 0 Å². The van der Waals surface area contributed by atoms with Crippen LogP contribution in [0.25, 0.3) is 0 Å². The molecule has 1 saturated heterocycles. The Kier molecular flexibility index (Phi) is 9.08. The average Bonchev–Trinajstić information content (AvgIpc) is 2.81. The molecule has 0 radical (unpaired) electrons. The monoisotopic (exact) mass is 479 g/mol. The van der Waals surface area contributed by atoms with Crippen LogP contribution in [-0.4, -0.2) is 70.7 Å². The summed E-state index contributed by atoms with van der Waals surface area (Å²) >= 11 is 11.4. The van der Waals surface area contributed by atoms with Crippen LogP contribution in [-0.2, 0) is 4.74 Å². The molecule has 7 nitrogen and oxygen atoms in total. The van der Waals surface area contributed by atoms with Gasteiger partial charge in [-0.25, -0.2) is 0 Å². The predicted octanol–water partition coefficient (Wildman–Crippen LogP) is 4.29. The van der Waals surface area contributed by atoms with E-state index in [4.69, 9.17) is 42.8 Å². The Hall–Kier alpha value is -2.42. The number of nitrogens with one attached hydrogen (secondary N) is 1. The maximum atomic E-state index is 6.11. The zero-order chi connectivity index (χ0) is 22.9. The molecule has 1 aliphatic heterocycles. The molecule has 1 heterocycles. The van der Waals surface area contributed by atoms with Crippen molar-refractivity contribution in [3.05, 3.63) is 41.4 Å². The highest BCUT2D eigenvalue weighted by Crippen LogP contribution is 2.39. The lowest BCUT2D eigenvalue weighted by molar-refractivity contribution is 0.222. The first-order valence-corrected chi connectivity index (χ1v) is 11.3. The molecule has 0 saturated carbocycles. The van der Waals surface area contributed by atoms with Gasteiger partial charge in [-0.2, -0.15) is 0 Å². The molecule has 1 aliphatic rings. The topological polar surface area (TPSA) is 55.4 Å². The molecular weight excluding hydrogens is 450 g/mol. The minimum Gasteiger partial charge on any atom is -0.493 e. The minimum absolute atomic E-state index is 0.310. The van der Waals surface area contributed by atoms with Crippen LogP contribution >= 0.6 is 23.8 Å². The summed E-state index contributed by atoms with van der Waals surface area (Å²) in [5.41, 5.74) is 1.89. The first kappa shape index (κ1) is 24.2. The van der Waals surface area contributed by atoms with Gasteiger partial charge in [0.1, 0.15) is 0 Å². The molecule has 0 aliphatic carbocycles.